The highest BCUT2D eigenvalue weighted by Crippen LogP contribution is 2.13. The minimum atomic E-state index is -3.80. The van der Waals surface area contributed by atoms with Crippen LogP contribution in [0.15, 0.2) is 53.4 Å². The molecule has 2 aromatic rings. The summed E-state index contributed by atoms with van der Waals surface area (Å²) in [6.45, 7) is 3.84. The van der Waals surface area contributed by atoms with Gasteiger partial charge in [0.1, 0.15) is 0 Å². The van der Waals surface area contributed by atoms with Gasteiger partial charge in [0.2, 0.25) is 10.0 Å². The average molecular weight is 406 g/mol. The van der Waals surface area contributed by atoms with E-state index in [1.807, 2.05) is 13.8 Å². The number of hydrogen-bond donors (Lipinski definition) is 2. The maximum Gasteiger partial charge on any atom is 0.338 e. The summed E-state index contributed by atoms with van der Waals surface area (Å²) >= 11 is 0. The third kappa shape index (κ3) is 6.76. The minimum absolute atomic E-state index is 0.0702. The third-order valence-electron chi connectivity index (χ3n) is 3.57. The average Bonchev–Trinajstić information content (AvgIpc) is 2.64. The highest BCUT2D eigenvalue weighted by molar-refractivity contribution is 7.89. The molecule has 0 aliphatic carbocycles. The summed E-state index contributed by atoms with van der Waals surface area (Å²) in [6.07, 6.45) is 0.110. The van der Waals surface area contributed by atoms with Crippen molar-refractivity contribution in [2.24, 2.45) is 5.14 Å². The van der Waals surface area contributed by atoms with E-state index in [-0.39, 0.29) is 11.0 Å². The van der Waals surface area contributed by atoms with Crippen LogP contribution in [0.3, 0.4) is 0 Å². The second-order valence-electron chi connectivity index (χ2n) is 6.25. The Labute approximate surface area is 163 Å². The Bertz CT molecular complexity index is 922. The molecule has 2 aromatic carbocycles. The summed E-state index contributed by atoms with van der Waals surface area (Å²) < 4.78 is 32.8. The Balaban J connectivity index is 1.84. The second kappa shape index (κ2) is 9.45. The van der Waals surface area contributed by atoms with Crippen molar-refractivity contribution in [3.05, 3.63) is 59.7 Å². The van der Waals surface area contributed by atoms with Crippen LogP contribution in [-0.2, 0) is 30.9 Å². The lowest BCUT2D eigenvalue weighted by Crippen LogP contribution is -2.21. The van der Waals surface area contributed by atoms with Crippen molar-refractivity contribution in [1.82, 2.24) is 0 Å². The van der Waals surface area contributed by atoms with Gasteiger partial charge in [0.25, 0.3) is 5.91 Å². The van der Waals surface area contributed by atoms with E-state index in [2.05, 4.69) is 5.32 Å². The number of primary sulfonamides is 1. The van der Waals surface area contributed by atoms with E-state index in [4.69, 9.17) is 14.6 Å². The van der Waals surface area contributed by atoms with Crippen LogP contribution in [0.2, 0.25) is 0 Å². The summed E-state index contributed by atoms with van der Waals surface area (Å²) in [5, 5.41) is 7.50. The first kappa shape index (κ1) is 21.5. The van der Waals surface area contributed by atoms with Gasteiger partial charge in [-0.2, -0.15) is 0 Å². The van der Waals surface area contributed by atoms with Gasteiger partial charge in [0.15, 0.2) is 6.61 Å². The molecule has 0 atom stereocenters. The molecule has 0 bridgehead atoms. The van der Waals surface area contributed by atoms with Gasteiger partial charge < -0.3 is 14.8 Å². The van der Waals surface area contributed by atoms with Crippen LogP contribution in [0.25, 0.3) is 0 Å². The number of hydrogen-bond acceptors (Lipinski definition) is 6. The molecule has 0 aliphatic rings. The molecule has 3 N–H and O–H groups in total. The van der Waals surface area contributed by atoms with Crippen molar-refractivity contribution in [3.63, 3.8) is 0 Å². The number of amides is 1. The van der Waals surface area contributed by atoms with Gasteiger partial charge in [-0.25, -0.2) is 18.4 Å². The zero-order valence-corrected chi connectivity index (χ0v) is 16.4. The highest BCUT2D eigenvalue weighted by Gasteiger charge is 2.12. The Morgan fingerprint density at radius 1 is 1.04 bits per heavy atom. The molecule has 0 aliphatic heterocycles. The Hall–Kier alpha value is -2.75. The molecular formula is C19H22N2O6S. The zero-order valence-electron chi connectivity index (χ0n) is 15.5. The van der Waals surface area contributed by atoms with Crippen molar-refractivity contribution in [1.29, 1.82) is 0 Å². The van der Waals surface area contributed by atoms with Gasteiger partial charge in [-0.3, -0.25) is 4.79 Å². The van der Waals surface area contributed by atoms with Crippen LogP contribution in [-0.4, -0.2) is 33.0 Å². The number of nitrogens with one attached hydrogen (secondary N) is 1. The summed E-state index contributed by atoms with van der Waals surface area (Å²) in [4.78, 5) is 23.8. The Morgan fingerprint density at radius 3 is 2.18 bits per heavy atom. The van der Waals surface area contributed by atoms with E-state index < -0.39 is 28.5 Å². The first-order valence-corrected chi connectivity index (χ1v) is 10.00. The molecule has 0 radical (unpaired) electrons. The van der Waals surface area contributed by atoms with E-state index >= 15 is 0 Å². The lowest BCUT2D eigenvalue weighted by molar-refractivity contribution is -0.119. The normalized spacial score (nSPS) is 11.3. The van der Waals surface area contributed by atoms with E-state index in [9.17, 15) is 18.0 Å². The fourth-order valence-electron chi connectivity index (χ4n) is 2.14. The number of nitrogens with two attached hydrogens (primary N) is 1. The summed E-state index contributed by atoms with van der Waals surface area (Å²) in [5.41, 5.74) is 1.59. The molecule has 0 spiro atoms. The van der Waals surface area contributed by atoms with Crippen molar-refractivity contribution < 1.29 is 27.5 Å². The molecule has 28 heavy (non-hydrogen) atoms. The van der Waals surface area contributed by atoms with Crippen LogP contribution in [0.4, 0.5) is 5.69 Å². The van der Waals surface area contributed by atoms with Crippen LogP contribution in [0.5, 0.6) is 0 Å². The molecule has 0 saturated carbocycles. The number of carbonyl (C=O) groups excluding carboxylic acids is 2. The van der Waals surface area contributed by atoms with Crippen LogP contribution in [0.1, 0.15) is 29.8 Å². The molecule has 0 saturated heterocycles. The Morgan fingerprint density at radius 2 is 1.64 bits per heavy atom. The number of esters is 1. The van der Waals surface area contributed by atoms with Crippen molar-refractivity contribution in [2.75, 3.05) is 11.9 Å². The molecule has 150 valence electrons. The molecule has 0 unspecified atom stereocenters. The number of rotatable bonds is 8. The number of ether oxygens (including phenoxy) is 2. The first-order chi connectivity index (χ1) is 13.1. The molecular weight excluding hydrogens is 384 g/mol. The van der Waals surface area contributed by atoms with Gasteiger partial charge in [0, 0.05) is 5.69 Å². The standard InChI is InChI=1S/C19H22N2O6S/c1-13(2)26-11-14-3-5-15(6-4-14)19(23)27-12-18(22)21-16-7-9-17(10-8-16)28(20,24)25/h3-10,13H,11-12H2,1-2H3,(H,21,22)(H2,20,24,25). The maximum absolute atomic E-state index is 12.0. The van der Waals surface area contributed by atoms with Crippen LogP contribution < -0.4 is 10.5 Å². The monoisotopic (exact) mass is 406 g/mol. The largest absolute Gasteiger partial charge is 0.452 e. The zero-order chi connectivity index (χ0) is 20.7. The molecule has 1 amide bonds. The number of benzene rings is 2. The molecule has 2 rings (SSSR count). The predicted octanol–water partition coefficient (Wildman–Crippen LogP) is 2.05. The molecule has 8 nitrogen and oxygen atoms in total. The summed E-state index contributed by atoms with van der Waals surface area (Å²) in [7, 11) is -3.80. The van der Waals surface area contributed by atoms with E-state index in [1.165, 1.54) is 24.3 Å². The Kier molecular flexibility index (Phi) is 7.27. The van der Waals surface area contributed by atoms with E-state index in [1.54, 1.807) is 24.3 Å². The van der Waals surface area contributed by atoms with Gasteiger partial charge in [0.05, 0.1) is 23.2 Å². The van der Waals surface area contributed by atoms with Crippen molar-refractivity contribution in [2.45, 2.75) is 31.5 Å². The quantitative estimate of drug-likeness (QED) is 0.647. The lowest BCUT2D eigenvalue weighted by Gasteiger charge is -2.09. The summed E-state index contributed by atoms with van der Waals surface area (Å²) in [5.74, 6) is -1.19. The van der Waals surface area contributed by atoms with Crippen molar-refractivity contribution in [3.8, 4) is 0 Å². The van der Waals surface area contributed by atoms with Gasteiger partial charge in [-0.05, 0) is 55.8 Å². The molecule has 9 heteroatoms. The van der Waals surface area contributed by atoms with Crippen LogP contribution in [0, 0.1) is 0 Å². The van der Waals surface area contributed by atoms with Gasteiger partial charge in [-0.1, -0.05) is 12.1 Å². The fraction of sp³-hybridized carbons (Fsp3) is 0.263. The topological polar surface area (TPSA) is 125 Å². The summed E-state index contributed by atoms with van der Waals surface area (Å²) in [6, 6.07) is 12.0. The number of anilines is 1. The van der Waals surface area contributed by atoms with Gasteiger partial charge in [-0.15, -0.1) is 0 Å². The van der Waals surface area contributed by atoms with Crippen LogP contribution >= 0.6 is 0 Å². The SMILES string of the molecule is CC(C)OCc1ccc(C(=O)OCC(=O)Nc2ccc(S(N)(=O)=O)cc2)cc1. The van der Waals surface area contributed by atoms with Crippen molar-refractivity contribution >= 4 is 27.6 Å². The predicted molar refractivity (Wildman–Crippen MR) is 103 cm³/mol. The second-order valence-corrected chi connectivity index (χ2v) is 7.81. The number of carbonyl (C=O) groups is 2. The van der Waals surface area contributed by atoms with E-state index in [0.29, 0.717) is 17.9 Å². The molecule has 0 heterocycles. The number of sulfonamides is 1. The van der Waals surface area contributed by atoms with Gasteiger partial charge >= 0.3 is 5.97 Å². The maximum atomic E-state index is 12.0. The molecule has 0 fully saturated rings. The third-order valence-corrected chi connectivity index (χ3v) is 4.50. The lowest BCUT2D eigenvalue weighted by atomic mass is 10.1. The fourth-order valence-corrected chi connectivity index (χ4v) is 2.65. The molecule has 0 aromatic heterocycles. The smallest absolute Gasteiger partial charge is 0.338 e. The first-order valence-electron chi connectivity index (χ1n) is 8.45. The highest BCUT2D eigenvalue weighted by atomic mass is 32.2. The minimum Gasteiger partial charge on any atom is -0.452 e. The van der Waals surface area contributed by atoms with E-state index in [0.717, 1.165) is 5.56 Å².